The molecule has 0 saturated heterocycles. The van der Waals surface area contributed by atoms with Gasteiger partial charge in [-0.05, 0) is 27.7 Å². The van der Waals surface area contributed by atoms with Crippen LogP contribution in [-0.2, 0) is 0 Å². The zero-order chi connectivity index (χ0) is 14.4. The quantitative estimate of drug-likeness (QED) is 0.620. The summed E-state index contributed by atoms with van der Waals surface area (Å²) in [7, 11) is 0. The van der Waals surface area contributed by atoms with Crippen molar-refractivity contribution in [3.63, 3.8) is 0 Å². The molecule has 1 heterocycles. The van der Waals surface area contributed by atoms with Crippen LogP contribution in [0.3, 0.4) is 0 Å². The molecule has 0 aromatic carbocycles. The van der Waals surface area contributed by atoms with Gasteiger partial charge in [-0.3, -0.25) is 9.69 Å². The first-order valence-electron chi connectivity index (χ1n) is 6.64. The molecule has 0 saturated carbocycles. The van der Waals surface area contributed by atoms with Gasteiger partial charge in [0.2, 0.25) is 0 Å². The van der Waals surface area contributed by atoms with Gasteiger partial charge in [0.1, 0.15) is 0 Å². The lowest BCUT2D eigenvalue weighted by Gasteiger charge is -2.30. The first-order chi connectivity index (χ1) is 8.91. The second kappa shape index (κ2) is 7.09. The van der Waals surface area contributed by atoms with Crippen molar-refractivity contribution >= 4 is 5.91 Å². The minimum Gasteiger partial charge on any atom is -0.619 e. The first-order valence-corrected chi connectivity index (χ1v) is 6.64. The topological polar surface area (TPSA) is 59.3 Å². The molecule has 106 valence electrons. The van der Waals surface area contributed by atoms with Crippen LogP contribution in [-0.4, -0.2) is 36.0 Å². The van der Waals surface area contributed by atoms with E-state index in [2.05, 4.69) is 37.9 Å². The smallest absolute Gasteiger partial charge is 0.251 e. The summed E-state index contributed by atoms with van der Waals surface area (Å²) in [6.45, 7) is 9.99. The lowest BCUT2D eigenvalue weighted by atomic mass is 10.2. The predicted octanol–water partition coefficient (Wildman–Crippen LogP) is 1.17. The molecule has 5 nitrogen and oxygen atoms in total. The molecule has 0 aliphatic heterocycles. The molecule has 0 spiro atoms. The average molecular weight is 265 g/mol. The highest BCUT2D eigenvalue weighted by atomic mass is 16.5. The SMILES string of the molecule is CC(C)N(CCNC(=O)c1cc[n+]([O-])cc1)C(C)C. The summed E-state index contributed by atoms with van der Waals surface area (Å²) in [5, 5.41) is 13.7. The summed E-state index contributed by atoms with van der Waals surface area (Å²) in [6, 6.07) is 3.94. The van der Waals surface area contributed by atoms with Crippen molar-refractivity contribution < 1.29 is 9.52 Å². The Labute approximate surface area is 114 Å². The van der Waals surface area contributed by atoms with E-state index < -0.39 is 0 Å². The van der Waals surface area contributed by atoms with Crippen LogP contribution in [0.5, 0.6) is 0 Å². The molecule has 1 amide bonds. The van der Waals surface area contributed by atoms with E-state index in [1.807, 2.05) is 0 Å². The molecule has 19 heavy (non-hydrogen) atoms. The molecule has 0 aliphatic rings. The summed E-state index contributed by atoms with van der Waals surface area (Å²) >= 11 is 0. The number of pyridine rings is 1. The third-order valence-electron chi connectivity index (χ3n) is 3.05. The zero-order valence-corrected chi connectivity index (χ0v) is 12.1. The number of carbonyl (C=O) groups excluding carboxylic acids is 1. The van der Waals surface area contributed by atoms with Crippen LogP contribution in [0.4, 0.5) is 0 Å². The Morgan fingerprint density at radius 2 is 1.79 bits per heavy atom. The fraction of sp³-hybridized carbons (Fsp3) is 0.571. The van der Waals surface area contributed by atoms with Crippen LogP contribution in [0.15, 0.2) is 24.5 Å². The molecule has 1 aromatic rings. The summed E-state index contributed by atoms with van der Waals surface area (Å²) in [6.07, 6.45) is 2.65. The van der Waals surface area contributed by atoms with Crippen LogP contribution >= 0.6 is 0 Å². The second-order valence-corrected chi connectivity index (χ2v) is 5.13. The highest BCUT2D eigenvalue weighted by Crippen LogP contribution is 2.03. The highest BCUT2D eigenvalue weighted by molar-refractivity contribution is 5.93. The Hall–Kier alpha value is -1.62. The van der Waals surface area contributed by atoms with E-state index in [1.54, 1.807) is 0 Å². The second-order valence-electron chi connectivity index (χ2n) is 5.13. The van der Waals surface area contributed by atoms with Crippen LogP contribution in [0.2, 0.25) is 0 Å². The van der Waals surface area contributed by atoms with Crippen LogP contribution in [0.25, 0.3) is 0 Å². The van der Waals surface area contributed by atoms with Gasteiger partial charge in [-0.2, -0.15) is 4.73 Å². The number of amides is 1. The lowest BCUT2D eigenvalue weighted by molar-refractivity contribution is -0.605. The van der Waals surface area contributed by atoms with Gasteiger partial charge in [0.05, 0.1) is 5.56 Å². The van der Waals surface area contributed by atoms with Gasteiger partial charge in [0.15, 0.2) is 12.4 Å². The maximum Gasteiger partial charge on any atom is 0.251 e. The van der Waals surface area contributed by atoms with Crippen molar-refractivity contribution in [2.75, 3.05) is 13.1 Å². The number of hydrogen-bond donors (Lipinski definition) is 1. The van der Waals surface area contributed by atoms with E-state index in [9.17, 15) is 10.0 Å². The molecule has 0 fully saturated rings. The molecule has 0 unspecified atom stereocenters. The van der Waals surface area contributed by atoms with Gasteiger partial charge in [0.25, 0.3) is 5.91 Å². The van der Waals surface area contributed by atoms with Crippen molar-refractivity contribution in [2.24, 2.45) is 0 Å². The minimum absolute atomic E-state index is 0.145. The molecule has 5 heteroatoms. The average Bonchev–Trinajstić information content (AvgIpc) is 2.34. The maximum atomic E-state index is 11.8. The van der Waals surface area contributed by atoms with Crippen LogP contribution in [0.1, 0.15) is 38.1 Å². The molecule has 1 aromatic heterocycles. The predicted molar refractivity (Wildman–Crippen MR) is 74.7 cm³/mol. The third-order valence-corrected chi connectivity index (χ3v) is 3.05. The molecule has 0 atom stereocenters. The Morgan fingerprint density at radius 3 is 2.26 bits per heavy atom. The molecule has 1 rings (SSSR count). The lowest BCUT2D eigenvalue weighted by Crippen LogP contribution is -2.42. The van der Waals surface area contributed by atoms with Crippen LogP contribution in [0, 0.1) is 5.21 Å². The number of rotatable bonds is 6. The van der Waals surface area contributed by atoms with E-state index in [0.29, 0.717) is 28.9 Å². The summed E-state index contributed by atoms with van der Waals surface area (Å²) in [4.78, 5) is 14.2. The molecule has 0 bridgehead atoms. The van der Waals surface area contributed by atoms with Crippen molar-refractivity contribution in [1.29, 1.82) is 0 Å². The summed E-state index contributed by atoms with van der Waals surface area (Å²) in [5.74, 6) is -0.145. The number of carbonyl (C=O) groups is 1. The normalized spacial score (nSPS) is 11.3. The maximum absolute atomic E-state index is 11.8. The largest absolute Gasteiger partial charge is 0.619 e. The van der Waals surface area contributed by atoms with Gasteiger partial charge in [-0.15, -0.1) is 0 Å². The van der Waals surface area contributed by atoms with Crippen molar-refractivity contribution in [1.82, 2.24) is 10.2 Å². The third kappa shape index (κ3) is 4.87. The standard InChI is InChI=1S/C14H23N3O2/c1-11(2)17(12(3)4)10-7-15-14(18)13-5-8-16(19)9-6-13/h5-6,8-9,11-12H,7,10H2,1-4H3,(H,15,18). The Kier molecular flexibility index (Phi) is 5.76. The molecular formula is C14H23N3O2. The van der Waals surface area contributed by atoms with Gasteiger partial charge < -0.3 is 10.5 Å². The highest BCUT2D eigenvalue weighted by Gasteiger charge is 2.13. The van der Waals surface area contributed by atoms with E-state index in [1.165, 1.54) is 24.5 Å². The molecule has 1 N–H and O–H groups in total. The Bertz CT molecular complexity index is 394. The van der Waals surface area contributed by atoms with Crippen LogP contribution < -0.4 is 10.0 Å². The van der Waals surface area contributed by atoms with Gasteiger partial charge >= 0.3 is 0 Å². The number of nitrogens with zero attached hydrogens (tertiary/aromatic N) is 2. The number of nitrogens with one attached hydrogen (secondary N) is 1. The molecule has 0 radical (unpaired) electrons. The van der Waals surface area contributed by atoms with Gasteiger partial charge in [0, 0.05) is 37.3 Å². The van der Waals surface area contributed by atoms with E-state index >= 15 is 0 Å². The Balaban J connectivity index is 2.44. The van der Waals surface area contributed by atoms with Crippen molar-refractivity contribution in [3.8, 4) is 0 Å². The first kappa shape index (κ1) is 15.4. The summed E-state index contributed by atoms with van der Waals surface area (Å²) < 4.78 is 0.663. The summed E-state index contributed by atoms with van der Waals surface area (Å²) in [5.41, 5.74) is 0.507. The molecule has 0 aliphatic carbocycles. The molecular weight excluding hydrogens is 242 g/mol. The minimum atomic E-state index is -0.145. The number of aromatic nitrogens is 1. The van der Waals surface area contributed by atoms with Crippen molar-refractivity contribution in [3.05, 3.63) is 35.3 Å². The van der Waals surface area contributed by atoms with E-state index in [-0.39, 0.29) is 5.91 Å². The van der Waals surface area contributed by atoms with Crippen molar-refractivity contribution in [2.45, 2.75) is 39.8 Å². The fourth-order valence-electron chi connectivity index (χ4n) is 2.08. The number of hydrogen-bond acceptors (Lipinski definition) is 3. The van der Waals surface area contributed by atoms with E-state index in [4.69, 9.17) is 0 Å². The fourth-order valence-corrected chi connectivity index (χ4v) is 2.08. The van der Waals surface area contributed by atoms with E-state index in [0.717, 1.165) is 6.54 Å². The zero-order valence-electron chi connectivity index (χ0n) is 12.1. The van der Waals surface area contributed by atoms with Gasteiger partial charge in [-0.1, -0.05) is 0 Å². The monoisotopic (exact) mass is 265 g/mol. The van der Waals surface area contributed by atoms with Gasteiger partial charge in [-0.25, -0.2) is 0 Å². The Morgan fingerprint density at radius 1 is 1.26 bits per heavy atom.